The second-order valence-electron chi connectivity index (χ2n) is 5.66. The number of hydrogen-bond acceptors (Lipinski definition) is 6. The molecule has 0 fully saturated rings. The highest BCUT2D eigenvalue weighted by molar-refractivity contribution is 7.99. The van der Waals surface area contributed by atoms with Crippen LogP contribution < -0.4 is 10.1 Å². The first-order valence-electron chi connectivity index (χ1n) is 8.26. The summed E-state index contributed by atoms with van der Waals surface area (Å²) in [7, 11) is 1.57. The quantitative estimate of drug-likeness (QED) is 0.482. The maximum Gasteiger partial charge on any atom is 0.256 e. The van der Waals surface area contributed by atoms with Gasteiger partial charge >= 0.3 is 0 Å². The molecule has 3 rings (SSSR count). The van der Waals surface area contributed by atoms with Gasteiger partial charge in [-0.2, -0.15) is 0 Å². The van der Waals surface area contributed by atoms with Gasteiger partial charge in [-0.15, -0.1) is 10.2 Å². The summed E-state index contributed by atoms with van der Waals surface area (Å²) in [6, 6.07) is 15.5. The Labute approximate surface area is 165 Å². The minimum absolute atomic E-state index is 0.0436. The van der Waals surface area contributed by atoms with Crippen LogP contribution in [0.25, 0.3) is 0 Å². The highest BCUT2D eigenvalue weighted by Crippen LogP contribution is 2.19. The SMILES string of the molecule is COc1ccc(C(=O)CSc2ccc(NC(=O)c3cccc(F)c3)nn2)cc1. The number of carbonyl (C=O) groups is 2. The highest BCUT2D eigenvalue weighted by Gasteiger charge is 2.10. The fourth-order valence-electron chi connectivity index (χ4n) is 2.28. The molecule has 0 aliphatic heterocycles. The molecule has 0 radical (unpaired) electrons. The van der Waals surface area contributed by atoms with Crippen molar-refractivity contribution in [2.24, 2.45) is 0 Å². The zero-order valence-electron chi connectivity index (χ0n) is 14.9. The lowest BCUT2D eigenvalue weighted by Crippen LogP contribution is -2.13. The lowest BCUT2D eigenvalue weighted by Gasteiger charge is -2.05. The third kappa shape index (κ3) is 5.14. The minimum Gasteiger partial charge on any atom is -0.497 e. The summed E-state index contributed by atoms with van der Waals surface area (Å²) >= 11 is 1.24. The van der Waals surface area contributed by atoms with Crippen LogP contribution in [0, 0.1) is 5.82 Å². The molecule has 2 aromatic carbocycles. The van der Waals surface area contributed by atoms with Crippen molar-refractivity contribution in [1.82, 2.24) is 10.2 Å². The highest BCUT2D eigenvalue weighted by atomic mass is 32.2. The van der Waals surface area contributed by atoms with E-state index in [0.29, 0.717) is 16.3 Å². The molecule has 0 bridgehead atoms. The van der Waals surface area contributed by atoms with Crippen LogP contribution in [0.5, 0.6) is 5.75 Å². The number of anilines is 1. The Bertz CT molecular complexity index is 979. The van der Waals surface area contributed by atoms with E-state index in [-0.39, 0.29) is 22.9 Å². The van der Waals surface area contributed by atoms with Crippen LogP contribution in [0.15, 0.2) is 65.7 Å². The first-order valence-corrected chi connectivity index (χ1v) is 9.24. The Morgan fingerprint density at radius 1 is 1.04 bits per heavy atom. The molecule has 0 saturated heterocycles. The lowest BCUT2D eigenvalue weighted by molar-refractivity contribution is 0.101. The smallest absolute Gasteiger partial charge is 0.256 e. The van der Waals surface area contributed by atoms with E-state index < -0.39 is 11.7 Å². The Morgan fingerprint density at radius 2 is 1.82 bits per heavy atom. The van der Waals surface area contributed by atoms with Crippen LogP contribution in [0.3, 0.4) is 0 Å². The predicted octanol–water partition coefficient (Wildman–Crippen LogP) is 3.85. The molecule has 0 unspecified atom stereocenters. The number of ketones is 1. The number of aromatic nitrogens is 2. The molecule has 6 nitrogen and oxygen atoms in total. The van der Waals surface area contributed by atoms with Crippen LogP contribution in [-0.2, 0) is 0 Å². The maximum atomic E-state index is 13.2. The molecule has 1 N–H and O–H groups in total. The topological polar surface area (TPSA) is 81.2 Å². The van der Waals surface area contributed by atoms with E-state index >= 15 is 0 Å². The molecule has 1 heterocycles. The lowest BCUT2D eigenvalue weighted by atomic mass is 10.1. The molecule has 0 aliphatic rings. The number of nitrogens with one attached hydrogen (secondary N) is 1. The molecule has 0 saturated carbocycles. The molecule has 8 heteroatoms. The first kappa shape index (κ1) is 19.5. The van der Waals surface area contributed by atoms with E-state index in [9.17, 15) is 14.0 Å². The molecular formula is C20H16FN3O3S. The zero-order chi connectivity index (χ0) is 19.9. The van der Waals surface area contributed by atoms with E-state index in [1.165, 1.54) is 30.0 Å². The molecule has 1 amide bonds. The predicted molar refractivity (Wildman–Crippen MR) is 104 cm³/mol. The second-order valence-corrected chi connectivity index (χ2v) is 6.66. The van der Waals surface area contributed by atoms with Crippen molar-refractivity contribution in [3.8, 4) is 5.75 Å². The van der Waals surface area contributed by atoms with Crippen molar-refractivity contribution in [2.45, 2.75) is 5.03 Å². The van der Waals surface area contributed by atoms with Gasteiger partial charge in [0, 0.05) is 11.1 Å². The van der Waals surface area contributed by atoms with Crippen molar-refractivity contribution in [3.63, 3.8) is 0 Å². The van der Waals surface area contributed by atoms with Crippen LogP contribution >= 0.6 is 11.8 Å². The number of hydrogen-bond donors (Lipinski definition) is 1. The van der Waals surface area contributed by atoms with Gasteiger partial charge in [-0.1, -0.05) is 17.8 Å². The average molecular weight is 397 g/mol. The van der Waals surface area contributed by atoms with Gasteiger partial charge in [0.2, 0.25) is 0 Å². The van der Waals surface area contributed by atoms with Gasteiger partial charge in [0.25, 0.3) is 5.91 Å². The van der Waals surface area contributed by atoms with Gasteiger partial charge in [-0.25, -0.2) is 4.39 Å². The fraction of sp³-hybridized carbons (Fsp3) is 0.100. The molecule has 1 aromatic heterocycles. The van der Waals surface area contributed by atoms with Gasteiger partial charge in [0.15, 0.2) is 11.6 Å². The maximum absolute atomic E-state index is 13.2. The van der Waals surface area contributed by atoms with Crippen LogP contribution in [-0.4, -0.2) is 34.8 Å². The average Bonchev–Trinajstić information content (AvgIpc) is 2.73. The van der Waals surface area contributed by atoms with E-state index in [4.69, 9.17) is 4.74 Å². The monoisotopic (exact) mass is 397 g/mol. The minimum atomic E-state index is -0.494. The summed E-state index contributed by atoms with van der Waals surface area (Å²) in [4.78, 5) is 24.3. The van der Waals surface area contributed by atoms with Crippen LogP contribution in [0.2, 0.25) is 0 Å². The molecule has 0 aliphatic carbocycles. The largest absolute Gasteiger partial charge is 0.497 e. The molecule has 28 heavy (non-hydrogen) atoms. The Balaban J connectivity index is 1.55. The Morgan fingerprint density at radius 3 is 2.46 bits per heavy atom. The molecule has 142 valence electrons. The fourth-order valence-corrected chi connectivity index (χ4v) is 2.99. The van der Waals surface area contributed by atoms with Crippen molar-refractivity contribution in [2.75, 3.05) is 18.2 Å². The van der Waals surface area contributed by atoms with Crippen molar-refractivity contribution in [1.29, 1.82) is 0 Å². The second kappa shape index (κ2) is 9.09. The van der Waals surface area contributed by atoms with Crippen molar-refractivity contribution < 1.29 is 18.7 Å². The van der Waals surface area contributed by atoms with E-state index in [1.807, 2.05) is 0 Å². The van der Waals surface area contributed by atoms with Crippen molar-refractivity contribution >= 4 is 29.3 Å². The number of methoxy groups -OCH3 is 1. The van der Waals surface area contributed by atoms with Gasteiger partial charge < -0.3 is 10.1 Å². The number of carbonyl (C=O) groups excluding carboxylic acids is 2. The van der Waals surface area contributed by atoms with Gasteiger partial charge in [-0.3, -0.25) is 9.59 Å². The van der Waals surface area contributed by atoms with E-state index in [2.05, 4.69) is 15.5 Å². The normalized spacial score (nSPS) is 10.4. The molecule has 3 aromatic rings. The van der Waals surface area contributed by atoms with Gasteiger partial charge in [0.1, 0.15) is 16.6 Å². The molecular weight excluding hydrogens is 381 g/mol. The van der Waals surface area contributed by atoms with Crippen molar-refractivity contribution in [3.05, 3.63) is 77.6 Å². The summed E-state index contributed by atoms with van der Waals surface area (Å²) < 4.78 is 18.3. The third-order valence-electron chi connectivity index (χ3n) is 3.73. The number of rotatable bonds is 7. The number of amides is 1. The third-order valence-corrected chi connectivity index (χ3v) is 4.65. The molecule has 0 atom stereocenters. The Hall–Kier alpha value is -3.26. The summed E-state index contributed by atoms with van der Waals surface area (Å²) in [5.74, 6) is 0.107. The Kier molecular flexibility index (Phi) is 6.33. The van der Waals surface area contributed by atoms with E-state index in [1.54, 1.807) is 43.5 Å². The summed E-state index contributed by atoms with van der Waals surface area (Å²) in [5, 5.41) is 11.0. The molecule has 0 spiro atoms. The first-order chi connectivity index (χ1) is 13.5. The number of nitrogens with zero attached hydrogens (tertiary/aromatic N) is 2. The zero-order valence-corrected chi connectivity index (χ0v) is 15.7. The number of ether oxygens (including phenoxy) is 1. The standard InChI is InChI=1S/C20H16FN3O3S/c1-27-16-7-5-13(6-8-16)17(25)12-28-19-10-9-18(23-24-19)22-20(26)14-3-2-4-15(21)11-14/h2-11H,12H2,1H3,(H,22,23,26). The van der Waals surface area contributed by atoms with Gasteiger partial charge in [-0.05, 0) is 54.6 Å². The number of halogens is 1. The van der Waals surface area contributed by atoms with Crippen LogP contribution in [0.1, 0.15) is 20.7 Å². The summed E-state index contributed by atoms with van der Waals surface area (Å²) in [6.07, 6.45) is 0. The van der Waals surface area contributed by atoms with Crippen LogP contribution in [0.4, 0.5) is 10.2 Å². The van der Waals surface area contributed by atoms with Gasteiger partial charge in [0.05, 0.1) is 12.9 Å². The van der Waals surface area contributed by atoms with E-state index in [0.717, 1.165) is 6.07 Å². The number of Topliss-reactive ketones (excluding diaryl/α,β-unsaturated/α-hetero) is 1. The number of thioether (sulfide) groups is 1. The number of benzene rings is 2. The summed E-state index contributed by atoms with van der Waals surface area (Å²) in [5.41, 5.74) is 0.769. The summed E-state index contributed by atoms with van der Waals surface area (Å²) in [6.45, 7) is 0.